The second-order valence-corrected chi connectivity index (χ2v) is 7.18. The van der Waals surface area contributed by atoms with E-state index < -0.39 is 11.5 Å². The highest BCUT2D eigenvalue weighted by molar-refractivity contribution is 5.73. The Hall–Kier alpha value is -2.08. The first-order chi connectivity index (χ1) is 11.6. The number of hydrogen-bond donors (Lipinski definition) is 2. The highest BCUT2D eigenvalue weighted by Crippen LogP contribution is 2.17. The largest absolute Gasteiger partial charge is 0.508 e. The minimum Gasteiger partial charge on any atom is -0.508 e. The van der Waals surface area contributed by atoms with Crippen molar-refractivity contribution >= 4 is 11.9 Å². The Morgan fingerprint density at radius 1 is 1.16 bits per heavy atom. The molecule has 2 N–H and O–H groups in total. The lowest BCUT2D eigenvalue weighted by molar-refractivity contribution is -0.164. The maximum absolute atomic E-state index is 12.2. The van der Waals surface area contributed by atoms with Gasteiger partial charge in [0.25, 0.3) is 0 Å². The summed E-state index contributed by atoms with van der Waals surface area (Å²) in [5, 5.41) is 9.30. The van der Waals surface area contributed by atoms with Gasteiger partial charge in [-0.3, -0.25) is 9.59 Å². The van der Waals surface area contributed by atoms with Crippen molar-refractivity contribution in [3.8, 4) is 5.75 Å². The Balaban J connectivity index is 2.43. The number of rotatable bonds is 8. The predicted octanol–water partition coefficient (Wildman–Crippen LogP) is 2.99. The number of phenolic OH excluding ortho intramolecular Hbond substituents is 1. The van der Waals surface area contributed by atoms with Crippen LogP contribution in [0.3, 0.4) is 0 Å². The number of ether oxygens (including phenoxy) is 1. The van der Waals surface area contributed by atoms with Crippen LogP contribution in [0.2, 0.25) is 0 Å². The zero-order chi connectivity index (χ0) is 19.0. The molecule has 0 saturated heterocycles. The van der Waals surface area contributed by atoms with Gasteiger partial charge in [0.1, 0.15) is 11.4 Å². The molecule has 0 amide bonds. The van der Waals surface area contributed by atoms with Gasteiger partial charge in [0.15, 0.2) is 0 Å². The second kappa shape index (κ2) is 9.42. The molecule has 0 aliphatic rings. The molecule has 0 fully saturated rings. The molecule has 2 unspecified atom stereocenters. The smallest absolute Gasteiger partial charge is 0.328 e. The van der Waals surface area contributed by atoms with Crippen LogP contribution >= 0.6 is 0 Å². The lowest BCUT2D eigenvalue weighted by atomic mass is 9.97. The van der Waals surface area contributed by atoms with E-state index in [0.29, 0.717) is 12.8 Å². The first-order valence-corrected chi connectivity index (χ1v) is 8.56. The molecule has 0 spiro atoms. The number of hydrogen-bond acceptors (Lipinski definition) is 6. The highest BCUT2D eigenvalue weighted by atomic mass is 16.7. The van der Waals surface area contributed by atoms with Gasteiger partial charge in [0.05, 0.1) is 11.8 Å². The van der Waals surface area contributed by atoms with Crippen molar-refractivity contribution in [3.05, 3.63) is 29.8 Å². The van der Waals surface area contributed by atoms with Crippen LogP contribution in [0.4, 0.5) is 0 Å². The fraction of sp³-hybridized carbons (Fsp3) is 0.579. The Labute approximate surface area is 149 Å². The van der Waals surface area contributed by atoms with Crippen LogP contribution in [-0.2, 0) is 25.6 Å². The van der Waals surface area contributed by atoms with Crippen LogP contribution in [0.15, 0.2) is 24.3 Å². The third kappa shape index (κ3) is 8.03. The van der Waals surface area contributed by atoms with E-state index in [4.69, 9.17) is 9.57 Å². The van der Waals surface area contributed by atoms with E-state index in [1.54, 1.807) is 52.0 Å². The van der Waals surface area contributed by atoms with Crippen molar-refractivity contribution < 1.29 is 24.3 Å². The van der Waals surface area contributed by atoms with Crippen LogP contribution in [-0.4, -0.2) is 29.2 Å². The summed E-state index contributed by atoms with van der Waals surface area (Å²) in [6.07, 6.45) is 1.15. The summed E-state index contributed by atoms with van der Waals surface area (Å²) in [5.74, 6) is -1.24. The second-order valence-electron chi connectivity index (χ2n) is 7.18. The number of aromatic hydroxyl groups is 1. The van der Waals surface area contributed by atoms with E-state index in [2.05, 4.69) is 5.48 Å². The molecule has 1 aromatic rings. The third-order valence-corrected chi connectivity index (χ3v) is 3.62. The molecular formula is C19H29NO5. The highest BCUT2D eigenvalue weighted by Gasteiger charge is 2.23. The van der Waals surface area contributed by atoms with Gasteiger partial charge in [0, 0.05) is 6.54 Å². The van der Waals surface area contributed by atoms with Crippen molar-refractivity contribution in [1.82, 2.24) is 5.48 Å². The van der Waals surface area contributed by atoms with Gasteiger partial charge in [-0.1, -0.05) is 26.0 Å². The van der Waals surface area contributed by atoms with E-state index in [1.165, 1.54) is 0 Å². The van der Waals surface area contributed by atoms with Crippen LogP contribution in [0.25, 0.3) is 0 Å². The average Bonchev–Trinajstić information content (AvgIpc) is 2.52. The molecule has 6 heteroatoms. The molecule has 6 nitrogen and oxygen atoms in total. The number of carbonyl (C=O) groups excluding carboxylic acids is 2. The summed E-state index contributed by atoms with van der Waals surface area (Å²) in [4.78, 5) is 29.1. The molecular weight excluding hydrogens is 322 g/mol. The monoisotopic (exact) mass is 351 g/mol. The van der Waals surface area contributed by atoms with Gasteiger partial charge in [-0.05, 0) is 51.3 Å². The maximum Gasteiger partial charge on any atom is 0.328 e. The SMILES string of the molecule is CCC(Cc1ccc(O)cc1)C(=O)ONCC(C)C(=O)OC(C)(C)C. The molecule has 1 aromatic carbocycles. The molecule has 0 radical (unpaired) electrons. The summed E-state index contributed by atoms with van der Waals surface area (Å²) >= 11 is 0. The lowest BCUT2D eigenvalue weighted by Gasteiger charge is -2.22. The van der Waals surface area contributed by atoms with E-state index in [0.717, 1.165) is 5.56 Å². The third-order valence-electron chi connectivity index (χ3n) is 3.62. The van der Waals surface area contributed by atoms with Gasteiger partial charge in [-0.2, -0.15) is 5.48 Å². The summed E-state index contributed by atoms with van der Waals surface area (Å²) in [6.45, 7) is 9.23. The predicted molar refractivity (Wildman–Crippen MR) is 94.7 cm³/mol. The van der Waals surface area contributed by atoms with Crippen LogP contribution in [0.5, 0.6) is 5.75 Å². The number of benzene rings is 1. The maximum atomic E-state index is 12.2. The lowest BCUT2D eigenvalue weighted by Crippen LogP contribution is -2.35. The molecule has 0 bridgehead atoms. The number of carbonyl (C=O) groups is 2. The molecule has 25 heavy (non-hydrogen) atoms. The van der Waals surface area contributed by atoms with E-state index in [1.807, 2.05) is 6.92 Å². The minimum absolute atomic E-state index is 0.191. The average molecular weight is 351 g/mol. The standard InChI is InChI=1S/C19H29NO5/c1-6-15(11-14-7-9-16(21)10-8-14)18(23)25-20-12-13(2)17(22)24-19(3,4)5/h7-10,13,15,20-21H,6,11-12H2,1-5H3. The van der Waals surface area contributed by atoms with Gasteiger partial charge in [-0.15, -0.1) is 0 Å². The quantitative estimate of drug-likeness (QED) is 0.553. The van der Waals surface area contributed by atoms with E-state index in [-0.39, 0.29) is 30.2 Å². The van der Waals surface area contributed by atoms with Gasteiger partial charge in [-0.25, -0.2) is 0 Å². The molecule has 0 heterocycles. The first kappa shape index (κ1) is 21.0. The van der Waals surface area contributed by atoms with Gasteiger partial charge < -0.3 is 14.7 Å². The number of nitrogens with one attached hydrogen (secondary N) is 1. The minimum atomic E-state index is -0.542. The fourth-order valence-electron chi connectivity index (χ4n) is 2.12. The zero-order valence-corrected chi connectivity index (χ0v) is 15.7. The molecule has 0 aliphatic carbocycles. The van der Waals surface area contributed by atoms with Crippen LogP contribution in [0.1, 0.15) is 46.6 Å². The van der Waals surface area contributed by atoms with Crippen molar-refractivity contribution in [2.24, 2.45) is 11.8 Å². The van der Waals surface area contributed by atoms with Crippen molar-refractivity contribution in [2.75, 3.05) is 6.54 Å². The fourth-order valence-corrected chi connectivity index (χ4v) is 2.12. The van der Waals surface area contributed by atoms with Crippen LogP contribution in [0, 0.1) is 11.8 Å². The Morgan fingerprint density at radius 3 is 2.28 bits per heavy atom. The normalized spacial score (nSPS) is 13.8. The van der Waals surface area contributed by atoms with Gasteiger partial charge >= 0.3 is 11.9 Å². The zero-order valence-electron chi connectivity index (χ0n) is 15.7. The Kier molecular flexibility index (Phi) is 7.90. The molecule has 2 atom stereocenters. The van der Waals surface area contributed by atoms with Gasteiger partial charge in [0.2, 0.25) is 0 Å². The van der Waals surface area contributed by atoms with E-state index in [9.17, 15) is 14.7 Å². The topological polar surface area (TPSA) is 84.9 Å². The molecule has 0 saturated carbocycles. The van der Waals surface area contributed by atoms with Crippen molar-refractivity contribution in [2.45, 2.75) is 53.1 Å². The van der Waals surface area contributed by atoms with E-state index >= 15 is 0 Å². The summed E-state index contributed by atoms with van der Waals surface area (Å²) in [6, 6.07) is 6.74. The number of phenols is 1. The molecule has 0 aromatic heterocycles. The summed E-state index contributed by atoms with van der Waals surface area (Å²) < 4.78 is 5.27. The molecule has 140 valence electrons. The Morgan fingerprint density at radius 2 is 1.76 bits per heavy atom. The summed E-state index contributed by atoms with van der Waals surface area (Å²) in [5.41, 5.74) is 2.98. The van der Waals surface area contributed by atoms with Crippen molar-refractivity contribution in [1.29, 1.82) is 0 Å². The summed E-state index contributed by atoms with van der Waals surface area (Å²) in [7, 11) is 0. The Bertz CT molecular complexity index is 562. The number of hydroxylamine groups is 1. The number of esters is 1. The van der Waals surface area contributed by atoms with Crippen molar-refractivity contribution in [3.63, 3.8) is 0 Å². The molecule has 1 rings (SSSR count). The first-order valence-electron chi connectivity index (χ1n) is 8.56. The van der Waals surface area contributed by atoms with Crippen LogP contribution < -0.4 is 5.48 Å². The molecule has 0 aliphatic heterocycles.